The van der Waals surface area contributed by atoms with Crippen molar-refractivity contribution in [2.45, 2.75) is 12.3 Å². The van der Waals surface area contributed by atoms with Crippen LogP contribution in [0.5, 0.6) is 5.75 Å². The van der Waals surface area contributed by atoms with Crippen LogP contribution in [0.3, 0.4) is 0 Å². The number of ether oxygens (including phenoxy) is 1. The number of nitrogens with two attached hydrogens (primary N) is 1. The predicted octanol–water partition coefficient (Wildman–Crippen LogP) is 1.55. The predicted molar refractivity (Wildman–Crippen MR) is 57.9 cm³/mol. The van der Waals surface area contributed by atoms with Gasteiger partial charge in [0.25, 0.3) is 0 Å². The second kappa shape index (κ2) is 3.88. The van der Waals surface area contributed by atoms with Gasteiger partial charge in [-0.1, -0.05) is 6.07 Å². The smallest absolute Gasteiger partial charge is 0.124 e. The Hall–Kier alpha value is -1.22. The second-order valence-electron chi connectivity index (χ2n) is 3.58. The number of nitrogens with one attached hydrogen (secondary N) is 1. The van der Waals surface area contributed by atoms with Gasteiger partial charge in [-0.15, -0.1) is 0 Å². The number of hydrogen-bond acceptors (Lipinski definition) is 3. The van der Waals surface area contributed by atoms with Crippen molar-refractivity contribution in [2.75, 3.05) is 25.5 Å². The van der Waals surface area contributed by atoms with E-state index in [1.807, 2.05) is 12.1 Å². The Labute approximate surface area is 84.3 Å². The van der Waals surface area contributed by atoms with Crippen LogP contribution in [-0.4, -0.2) is 20.2 Å². The zero-order valence-corrected chi connectivity index (χ0v) is 8.42. The molecule has 1 aliphatic heterocycles. The summed E-state index contributed by atoms with van der Waals surface area (Å²) >= 11 is 0. The first-order valence-corrected chi connectivity index (χ1v) is 4.97. The van der Waals surface area contributed by atoms with E-state index in [9.17, 15) is 0 Å². The number of fused-ring (bicyclic) bond motifs is 1. The molecular weight excluding hydrogens is 176 g/mol. The second-order valence-corrected chi connectivity index (χ2v) is 3.58. The topological polar surface area (TPSA) is 47.3 Å². The van der Waals surface area contributed by atoms with Crippen LogP contribution in [0.1, 0.15) is 17.9 Å². The molecule has 0 spiro atoms. The summed E-state index contributed by atoms with van der Waals surface area (Å²) in [6.07, 6.45) is 1.01. The van der Waals surface area contributed by atoms with E-state index >= 15 is 0 Å². The molecule has 1 aliphatic rings. The number of rotatable bonds is 3. The van der Waals surface area contributed by atoms with E-state index in [1.54, 1.807) is 7.11 Å². The summed E-state index contributed by atoms with van der Waals surface area (Å²) in [4.78, 5) is 0. The van der Waals surface area contributed by atoms with Crippen molar-refractivity contribution in [3.8, 4) is 5.75 Å². The molecule has 0 saturated heterocycles. The maximum atomic E-state index is 5.59. The van der Waals surface area contributed by atoms with Crippen molar-refractivity contribution in [1.29, 1.82) is 0 Å². The molecular formula is C11H16N2O. The Balaban J connectivity index is 2.35. The summed E-state index contributed by atoms with van der Waals surface area (Å²) in [5.41, 5.74) is 8.08. The lowest BCUT2D eigenvalue weighted by Crippen LogP contribution is -2.09. The van der Waals surface area contributed by atoms with Gasteiger partial charge in [-0.3, -0.25) is 0 Å². The van der Waals surface area contributed by atoms with Gasteiger partial charge in [0.05, 0.1) is 7.11 Å². The third-order valence-corrected chi connectivity index (χ3v) is 2.75. The lowest BCUT2D eigenvalue weighted by molar-refractivity contribution is 0.407. The fourth-order valence-corrected chi connectivity index (χ4v) is 2.08. The van der Waals surface area contributed by atoms with Gasteiger partial charge in [0.15, 0.2) is 0 Å². The minimum Gasteiger partial charge on any atom is -0.496 e. The van der Waals surface area contributed by atoms with Crippen LogP contribution >= 0.6 is 0 Å². The lowest BCUT2D eigenvalue weighted by Gasteiger charge is -2.12. The van der Waals surface area contributed by atoms with Crippen molar-refractivity contribution >= 4 is 5.69 Å². The third-order valence-electron chi connectivity index (χ3n) is 2.75. The summed E-state index contributed by atoms with van der Waals surface area (Å²) in [7, 11) is 1.72. The average Bonchev–Trinajstić information content (AvgIpc) is 2.62. The molecule has 14 heavy (non-hydrogen) atoms. The van der Waals surface area contributed by atoms with Gasteiger partial charge < -0.3 is 15.8 Å². The number of benzene rings is 1. The lowest BCUT2D eigenvalue weighted by atomic mass is 9.97. The van der Waals surface area contributed by atoms with Crippen molar-refractivity contribution < 1.29 is 4.74 Å². The van der Waals surface area contributed by atoms with E-state index in [2.05, 4.69) is 11.4 Å². The molecule has 0 saturated carbocycles. The first kappa shape index (κ1) is 9.34. The molecule has 0 fully saturated rings. The van der Waals surface area contributed by atoms with E-state index in [0.29, 0.717) is 5.92 Å². The maximum absolute atomic E-state index is 5.59. The van der Waals surface area contributed by atoms with E-state index in [4.69, 9.17) is 10.5 Å². The number of anilines is 1. The van der Waals surface area contributed by atoms with Crippen LogP contribution in [-0.2, 0) is 0 Å². The van der Waals surface area contributed by atoms with Crippen LogP contribution in [0.25, 0.3) is 0 Å². The highest BCUT2D eigenvalue weighted by Gasteiger charge is 2.24. The minimum atomic E-state index is 0.506. The zero-order valence-electron chi connectivity index (χ0n) is 8.42. The quantitative estimate of drug-likeness (QED) is 0.764. The van der Waals surface area contributed by atoms with E-state index in [0.717, 1.165) is 25.3 Å². The molecule has 1 atom stereocenters. The fraction of sp³-hybridized carbons (Fsp3) is 0.455. The molecule has 76 valence electrons. The molecule has 0 amide bonds. The molecule has 0 bridgehead atoms. The van der Waals surface area contributed by atoms with Crippen molar-refractivity contribution in [3.63, 3.8) is 0 Å². The van der Waals surface area contributed by atoms with Crippen LogP contribution in [0.4, 0.5) is 5.69 Å². The monoisotopic (exact) mass is 192 g/mol. The van der Waals surface area contributed by atoms with Crippen LogP contribution < -0.4 is 15.8 Å². The van der Waals surface area contributed by atoms with Crippen LogP contribution in [0.2, 0.25) is 0 Å². The molecule has 2 rings (SSSR count). The van der Waals surface area contributed by atoms with Crippen molar-refractivity contribution in [1.82, 2.24) is 0 Å². The Morgan fingerprint density at radius 1 is 1.57 bits per heavy atom. The first-order valence-electron chi connectivity index (χ1n) is 4.97. The van der Waals surface area contributed by atoms with E-state index in [1.165, 1.54) is 11.3 Å². The minimum absolute atomic E-state index is 0.506. The third kappa shape index (κ3) is 1.44. The normalized spacial score (nSPS) is 18.9. The Morgan fingerprint density at radius 2 is 2.43 bits per heavy atom. The van der Waals surface area contributed by atoms with Gasteiger partial charge in [0.1, 0.15) is 5.75 Å². The standard InChI is InChI=1S/C11H16N2O/c1-14-10-4-2-3-9-11(10)8(5-6-12)7-13-9/h2-4,8,13H,5-7,12H2,1H3. The zero-order chi connectivity index (χ0) is 9.97. The number of hydrogen-bond donors (Lipinski definition) is 2. The maximum Gasteiger partial charge on any atom is 0.124 e. The summed E-state index contributed by atoms with van der Waals surface area (Å²) in [5, 5.41) is 3.37. The SMILES string of the molecule is COc1cccc2c1C(CCN)CN2. The molecule has 0 aromatic heterocycles. The van der Waals surface area contributed by atoms with Gasteiger partial charge in [0, 0.05) is 23.7 Å². The first-order chi connectivity index (χ1) is 6.86. The van der Waals surface area contributed by atoms with E-state index < -0.39 is 0 Å². The number of methoxy groups -OCH3 is 1. The van der Waals surface area contributed by atoms with Gasteiger partial charge in [-0.2, -0.15) is 0 Å². The van der Waals surface area contributed by atoms with Crippen molar-refractivity contribution in [2.24, 2.45) is 5.73 Å². The summed E-state index contributed by atoms with van der Waals surface area (Å²) in [6, 6.07) is 6.11. The van der Waals surface area contributed by atoms with Gasteiger partial charge in [0.2, 0.25) is 0 Å². The summed E-state index contributed by atoms with van der Waals surface area (Å²) < 4.78 is 5.35. The molecule has 3 N–H and O–H groups in total. The van der Waals surface area contributed by atoms with E-state index in [-0.39, 0.29) is 0 Å². The Bertz CT molecular complexity index is 323. The molecule has 3 nitrogen and oxygen atoms in total. The molecule has 3 heteroatoms. The van der Waals surface area contributed by atoms with Gasteiger partial charge in [-0.25, -0.2) is 0 Å². The Morgan fingerprint density at radius 3 is 3.14 bits per heavy atom. The molecule has 1 unspecified atom stereocenters. The molecule has 1 heterocycles. The largest absolute Gasteiger partial charge is 0.496 e. The van der Waals surface area contributed by atoms with Gasteiger partial charge in [-0.05, 0) is 25.1 Å². The molecule has 1 aromatic carbocycles. The molecule has 1 aromatic rings. The Kier molecular flexibility index (Phi) is 2.59. The molecule has 0 aliphatic carbocycles. The average molecular weight is 192 g/mol. The van der Waals surface area contributed by atoms with Crippen molar-refractivity contribution in [3.05, 3.63) is 23.8 Å². The van der Waals surface area contributed by atoms with Gasteiger partial charge >= 0.3 is 0 Å². The summed E-state index contributed by atoms with van der Waals surface area (Å²) in [6.45, 7) is 1.71. The summed E-state index contributed by atoms with van der Waals surface area (Å²) in [5.74, 6) is 1.48. The van der Waals surface area contributed by atoms with Crippen LogP contribution in [0, 0.1) is 0 Å². The fourth-order valence-electron chi connectivity index (χ4n) is 2.08. The highest BCUT2D eigenvalue weighted by molar-refractivity contribution is 5.63. The highest BCUT2D eigenvalue weighted by atomic mass is 16.5. The molecule has 0 radical (unpaired) electrons. The van der Waals surface area contributed by atoms with Crippen LogP contribution in [0.15, 0.2) is 18.2 Å². The highest BCUT2D eigenvalue weighted by Crippen LogP contribution is 2.39.